The number of hydrogen-bond donors (Lipinski definition) is 0. The van der Waals surface area contributed by atoms with Crippen LogP contribution < -0.4 is 4.90 Å². The number of carbonyl (C=O) groups excluding carboxylic acids is 1. The summed E-state index contributed by atoms with van der Waals surface area (Å²) < 4.78 is 0. The molecular weight excluding hydrogens is 288 g/mol. The molecule has 0 radical (unpaired) electrons. The maximum Gasteiger partial charge on any atom is 0.242 e. The van der Waals surface area contributed by atoms with Gasteiger partial charge >= 0.3 is 0 Å². The summed E-state index contributed by atoms with van der Waals surface area (Å²) in [6, 6.07) is 8.64. The highest BCUT2D eigenvalue weighted by Crippen LogP contribution is 2.29. The predicted octanol–water partition coefficient (Wildman–Crippen LogP) is 2.53. The fraction of sp³-hybridized carbons (Fsp3) is 0.500. The molecule has 0 bridgehead atoms. The van der Waals surface area contributed by atoms with E-state index >= 15 is 0 Å². The summed E-state index contributed by atoms with van der Waals surface area (Å²) in [5.74, 6) is 1.07. The summed E-state index contributed by atoms with van der Waals surface area (Å²) >= 11 is 0. The van der Waals surface area contributed by atoms with Gasteiger partial charge in [0.1, 0.15) is 0 Å². The summed E-state index contributed by atoms with van der Waals surface area (Å²) in [6.45, 7) is 4.03. The highest BCUT2D eigenvalue weighted by molar-refractivity contribution is 5.95. The van der Waals surface area contributed by atoms with Crippen LogP contribution >= 0.6 is 0 Å². The van der Waals surface area contributed by atoms with Gasteiger partial charge in [0.2, 0.25) is 5.91 Å². The van der Waals surface area contributed by atoms with Crippen molar-refractivity contribution in [2.45, 2.75) is 38.6 Å². The van der Waals surface area contributed by atoms with Crippen molar-refractivity contribution in [1.29, 1.82) is 0 Å². The Balaban J connectivity index is 1.61. The quantitative estimate of drug-likeness (QED) is 0.855. The van der Waals surface area contributed by atoms with E-state index in [4.69, 9.17) is 0 Å². The zero-order valence-corrected chi connectivity index (χ0v) is 13.5. The molecule has 0 unspecified atom stereocenters. The van der Waals surface area contributed by atoms with Crippen molar-refractivity contribution in [2.75, 3.05) is 24.5 Å². The van der Waals surface area contributed by atoms with Crippen molar-refractivity contribution in [3.05, 3.63) is 30.0 Å². The number of rotatable bonds is 2. The summed E-state index contributed by atoms with van der Waals surface area (Å²) in [7, 11) is 0. The molecule has 2 fully saturated rings. The Bertz CT molecular complexity index is 739. The van der Waals surface area contributed by atoms with Crippen LogP contribution in [0.2, 0.25) is 0 Å². The van der Waals surface area contributed by atoms with Crippen molar-refractivity contribution in [3.63, 3.8) is 0 Å². The second-order valence-corrected chi connectivity index (χ2v) is 6.60. The third-order valence-corrected chi connectivity index (χ3v) is 5.17. The molecule has 0 spiro atoms. The van der Waals surface area contributed by atoms with Crippen molar-refractivity contribution < 1.29 is 4.79 Å². The predicted molar refractivity (Wildman–Crippen MR) is 90.5 cm³/mol. The van der Waals surface area contributed by atoms with Crippen molar-refractivity contribution >= 4 is 22.5 Å². The molecule has 1 saturated heterocycles. The molecule has 5 heteroatoms. The first-order valence-electron chi connectivity index (χ1n) is 8.50. The first-order chi connectivity index (χ1) is 11.2. The highest BCUT2D eigenvalue weighted by Gasteiger charge is 2.32. The van der Waals surface area contributed by atoms with Gasteiger partial charge in [0.15, 0.2) is 5.82 Å². The largest absolute Gasteiger partial charge is 0.344 e. The van der Waals surface area contributed by atoms with Crippen LogP contribution in [0.25, 0.3) is 10.8 Å². The minimum atomic E-state index is 0.231. The van der Waals surface area contributed by atoms with Gasteiger partial charge in [0, 0.05) is 29.9 Å². The Morgan fingerprint density at radius 3 is 2.52 bits per heavy atom. The maximum absolute atomic E-state index is 12.6. The number of carbonyl (C=O) groups is 1. The Kier molecular flexibility index (Phi) is 3.63. The summed E-state index contributed by atoms with van der Waals surface area (Å²) in [6.07, 6.45) is 4.84. The van der Waals surface area contributed by atoms with Gasteiger partial charge in [-0.1, -0.05) is 37.1 Å². The topological polar surface area (TPSA) is 49.3 Å². The standard InChI is InChI=1S/C18H22N4O/c1-13-15-8-4-5-9-16(15)18(20-19-13)21-10-11-22(17(23)12-21)14-6-2-3-7-14/h4-5,8-9,14H,2-3,6-7,10-12H2,1H3. The van der Waals surface area contributed by atoms with Crippen LogP contribution in [0.4, 0.5) is 5.82 Å². The molecule has 1 amide bonds. The van der Waals surface area contributed by atoms with E-state index in [1.807, 2.05) is 19.1 Å². The van der Waals surface area contributed by atoms with E-state index in [-0.39, 0.29) is 5.91 Å². The van der Waals surface area contributed by atoms with Crippen LogP contribution in [0, 0.1) is 6.92 Å². The molecule has 0 atom stereocenters. The lowest BCUT2D eigenvalue weighted by Gasteiger charge is -2.38. The summed E-state index contributed by atoms with van der Waals surface area (Å²) in [5.41, 5.74) is 0.931. The van der Waals surface area contributed by atoms with Crippen LogP contribution in [0.15, 0.2) is 24.3 Å². The van der Waals surface area contributed by atoms with Gasteiger partial charge in [-0.2, -0.15) is 5.10 Å². The molecule has 1 aliphatic heterocycles. The lowest BCUT2D eigenvalue weighted by Crippen LogP contribution is -2.53. The smallest absolute Gasteiger partial charge is 0.242 e. The van der Waals surface area contributed by atoms with Gasteiger partial charge in [0.25, 0.3) is 0 Å². The first kappa shape index (κ1) is 14.4. The van der Waals surface area contributed by atoms with E-state index in [9.17, 15) is 4.79 Å². The molecule has 2 aromatic rings. The summed E-state index contributed by atoms with van der Waals surface area (Å²) in [4.78, 5) is 16.8. The average molecular weight is 310 g/mol. The number of amides is 1. The molecule has 1 aliphatic carbocycles. The van der Waals surface area contributed by atoms with Crippen LogP contribution in [0.1, 0.15) is 31.4 Å². The van der Waals surface area contributed by atoms with E-state index in [2.05, 4.69) is 32.1 Å². The summed E-state index contributed by atoms with van der Waals surface area (Å²) in [5, 5.41) is 10.9. The number of aryl methyl sites for hydroxylation is 1. The molecule has 1 aromatic carbocycles. The monoisotopic (exact) mass is 310 g/mol. The van der Waals surface area contributed by atoms with Gasteiger partial charge in [0.05, 0.1) is 12.2 Å². The average Bonchev–Trinajstić information content (AvgIpc) is 3.10. The van der Waals surface area contributed by atoms with Gasteiger partial charge in [-0.05, 0) is 19.8 Å². The van der Waals surface area contributed by atoms with Gasteiger partial charge in [-0.25, -0.2) is 0 Å². The van der Waals surface area contributed by atoms with E-state index in [1.54, 1.807) is 0 Å². The van der Waals surface area contributed by atoms with E-state index in [1.165, 1.54) is 25.7 Å². The molecule has 4 rings (SSSR count). The van der Waals surface area contributed by atoms with Crippen LogP contribution in [0.3, 0.4) is 0 Å². The zero-order chi connectivity index (χ0) is 15.8. The van der Waals surface area contributed by atoms with E-state index in [0.717, 1.165) is 35.4 Å². The molecule has 1 aromatic heterocycles. The number of fused-ring (bicyclic) bond motifs is 1. The number of piperazine rings is 1. The SMILES string of the molecule is Cc1nnc(N2CCN(C3CCCC3)C(=O)C2)c2ccccc12. The lowest BCUT2D eigenvalue weighted by molar-refractivity contribution is -0.133. The second-order valence-electron chi connectivity index (χ2n) is 6.60. The third-order valence-electron chi connectivity index (χ3n) is 5.17. The Hall–Kier alpha value is -2.17. The molecular formula is C18H22N4O. The fourth-order valence-corrected chi connectivity index (χ4v) is 3.93. The van der Waals surface area contributed by atoms with Crippen LogP contribution in [-0.2, 0) is 4.79 Å². The zero-order valence-electron chi connectivity index (χ0n) is 13.5. The number of anilines is 1. The van der Waals surface area contributed by atoms with Crippen LogP contribution in [-0.4, -0.2) is 46.7 Å². The maximum atomic E-state index is 12.6. The molecule has 1 saturated carbocycles. The second kappa shape index (κ2) is 5.80. The normalized spacial score (nSPS) is 19.8. The number of benzene rings is 1. The fourth-order valence-electron chi connectivity index (χ4n) is 3.93. The number of nitrogens with zero attached hydrogens (tertiary/aromatic N) is 4. The first-order valence-corrected chi connectivity index (χ1v) is 8.50. The van der Waals surface area contributed by atoms with Crippen molar-refractivity contribution in [1.82, 2.24) is 15.1 Å². The van der Waals surface area contributed by atoms with Crippen molar-refractivity contribution in [2.24, 2.45) is 0 Å². The Morgan fingerprint density at radius 2 is 1.78 bits per heavy atom. The van der Waals surface area contributed by atoms with Crippen LogP contribution in [0.5, 0.6) is 0 Å². The molecule has 2 heterocycles. The minimum absolute atomic E-state index is 0.231. The van der Waals surface area contributed by atoms with Gasteiger partial charge in [-0.15, -0.1) is 5.10 Å². The molecule has 5 nitrogen and oxygen atoms in total. The van der Waals surface area contributed by atoms with Gasteiger partial charge < -0.3 is 9.80 Å². The van der Waals surface area contributed by atoms with E-state index in [0.29, 0.717) is 12.6 Å². The lowest BCUT2D eigenvalue weighted by atomic mass is 10.1. The molecule has 2 aliphatic rings. The Morgan fingerprint density at radius 1 is 1.04 bits per heavy atom. The Labute approximate surface area is 136 Å². The molecule has 0 N–H and O–H groups in total. The van der Waals surface area contributed by atoms with Gasteiger partial charge in [-0.3, -0.25) is 4.79 Å². The van der Waals surface area contributed by atoms with E-state index < -0.39 is 0 Å². The molecule has 23 heavy (non-hydrogen) atoms. The highest BCUT2D eigenvalue weighted by atomic mass is 16.2. The number of aromatic nitrogens is 2. The third kappa shape index (κ3) is 2.54. The number of hydrogen-bond acceptors (Lipinski definition) is 4. The minimum Gasteiger partial charge on any atom is -0.344 e. The molecule has 120 valence electrons. The van der Waals surface area contributed by atoms with Crippen molar-refractivity contribution in [3.8, 4) is 0 Å².